The number of hydrazine groups is 1. The smallest absolute Gasteiger partial charge is 0.338 e. The van der Waals surface area contributed by atoms with Crippen LogP contribution in [0.1, 0.15) is 0 Å². The molecule has 0 bridgehead atoms. The number of carbonyl (C=O) groups is 2. The van der Waals surface area contributed by atoms with Crippen molar-refractivity contribution in [2.45, 2.75) is 0 Å². The van der Waals surface area contributed by atoms with Gasteiger partial charge in [0.05, 0.1) is 12.8 Å². The highest BCUT2D eigenvalue weighted by Gasteiger charge is 2.08. The summed E-state index contributed by atoms with van der Waals surface area (Å²) in [6, 6.07) is 12.8. The van der Waals surface area contributed by atoms with Gasteiger partial charge in [-0.3, -0.25) is 10.2 Å². The van der Waals surface area contributed by atoms with Crippen molar-refractivity contribution in [2.75, 3.05) is 19.0 Å². The van der Waals surface area contributed by atoms with E-state index < -0.39 is 11.9 Å². The average Bonchev–Trinajstić information content (AvgIpc) is 2.60. The van der Waals surface area contributed by atoms with Crippen molar-refractivity contribution in [3.63, 3.8) is 0 Å². The molecule has 2 aromatic rings. The quantitative estimate of drug-likeness (QED) is 0.724. The maximum absolute atomic E-state index is 11.7. The number of carbonyl (C=O) groups excluding carboxylic acids is 2. The van der Waals surface area contributed by atoms with Crippen LogP contribution in [0.15, 0.2) is 48.5 Å². The Kier molecular flexibility index (Phi) is 6.27. The van der Waals surface area contributed by atoms with E-state index in [1.807, 2.05) is 0 Å². The van der Waals surface area contributed by atoms with E-state index in [0.717, 1.165) is 0 Å². The Hall–Kier alpha value is -2.93. The molecule has 0 unspecified atom stereocenters. The van der Waals surface area contributed by atoms with E-state index >= 15 is 0 Å². The molecule has 0 atom stereocenters. The summed E-state index contributed by atoms with van der Waals surface area (Å²) < 4.78 is 10.4. The maximum atomic E-state index is 11.7. The van der Waals surface area contributed by atoms with Crippen molar-refractivity contribution in [2.24, 2.45) is 0 Å². The van der Waals surface area contributed by atoms with E-state index in [0.29, 0.717) is 22.2 Å². The number of benzene rings is 2. The van der Waals surface area contributed by atoms with Gasteiger partial charge in [0.15, 0.2) is 6.61 Å². The van der Waals surface area contributed by atoms with Crippen LogP contribution >= 0.6 is 11.6 Å². The Labute approximate surface area is 143 Å². The predicted octanol–water partition coefficient (Wildman–Crippen LogP) is 2.58. The number of hydrogen-bond donors (Lipinski definition) is 3. The minimum atomic E-state index is -0.612. The SMILES string of the molecule is COc1ccccc1NC(=O)NNC(=O)COc1ccc(Cl)cc1. The molecule has 0 fully saturated rings. The molecule has 3 amide bonds. The molecule has 0 spiro atoms. The number of methoxy groups -OCH3 is 1. The van der Waals surface area contributed by atoms with Crippen LogP contribution in [0, 0.1) is 0 Å². The lowest BCUT2D eigenvalue weighted by atomic mass is 10.3. The highest BCUT2D eigenvalue weighted by molar-refractivity contribution is 6.30. The molecular weight excluding hydrogens is 334 g/mol. The number of hydrogen-bond acceptors (Lipinski definition) is 4. The van der Waals surface area contributed by atoms with E-state index in [9.17, 15) is 9.59 Å². The first-order valence-corrected chi connectivity index (χ1v) is 7.33. The third kappa shape index (κ3) is 5.36. The molecule has 0 saturated carbocycles. The maximum Gasteiger partial charge on any atom is 0.338 e. The molecule has 0 saturated heterocycles. The molecule has 0 radical (unpaired) electrons. The molecule has 0 aliphatic carbocycles. The molecule has 8 heteroatoms. The van der Waals surface area contributed by atoms with Gasteiger partial charge < -0.3 is 14.8 Å². The first-order valence-electron chi connectivity index (χ1n) is 6.95. The largest absolute Gasteiger partial charge is 0.495 e. The summed E-state index contributed by atoms with van der Waals surface area (Å²) in [5.41, 5.74) is 4.93. The predicted molar refractivity (Wildman–Crippen MR) is 90.2 cm³/mol. The number of urea groups is 1. The molecule has 126 valence electrons. The van der Waals surface area contributed by atoms with Crippen LogP contribution in [-0.2, 0) is 4.79 Å². The molecule has 24 heavy (non-hydrogen) atoms. The molecule has 0 heterocycles. The van der Waals surface area contributed by atoms with Crippen LogP contribution in [0.5, 0.6) is 11.5 Å². The number of rotatable bonds is 5. The van der Waals surface area contributed by atoms with Gasteiger partial charge in [0.25, 0.3) is 5.91 Å². The number of nitrogens with one attached hydrogen (secondary N) is 3. The van der Waals surface area contributed by atoms with Crippen molar-refractivity contribution in [3.05, 3.63) is 53.6 Å². The lowest BCUT2D eigenvalue weighted by Gasteiger charge is -2.12. The zero-order chi connectivity index (χ0) is 17.4. The third-order valence-electron chi connectivity index (χ3n) is 2.85. The molecule has 0 aliphatic heterocycles. The van der Waals surface area contributed by atoms with Crippen LogP contribution in [0.3, 0.4) is 0 Å². The lowest BCUT2D eigenvalue weighted by Crippen LogP contribution is -2.45. The average molecular weight is 350 g/mol. The Balaban J connectivity index is 1.74. The summed E-state index contributed by atoms with van der Waals surface area (Å²) in [4.78, 5) is 23.4. The van der Waals surface area contributed by atoms with E-state index in [1.165, 1.54) is 7.11 Å². The van der Waals surface area contributed by atoms with E-state index in [-0.39, 0.29) is 6.61 Å². The van der Waals surface area contributed by atoms with Crippen LogP contribution in [0.2, 0.25) is 5.02 Å². The van der Waals surface area contributed by atoms with Crippen LogP contribution in [-0.4, -0.2) is 25.7 Å². The van der Waals surface area contributed by atoms with Crippen molar-refractivity contribution in [1.29, 1.82) is 0 Å². The van der Waals surface area contributed by atoms with Crippen molar-refractivity contribution < 1.29 is 19.1 Å². The van der Waals surface area contributed by atoms with Crippen molar-refractivity contribution in [3.8, 4) is 11.5 Å². The van der Waals surface area contributed by atoms with Gasteiger partial charge in [0, 0.05) is 5.02 Å². The number of ether oxygens (including phenoxy) is 2. The highest BCUT2D eigenvalue weighted by atomic mass is 35.5. The highest BCUT2D eigenvalue weighted by Crippen LogP contribution is 2.22. The summed E-state index contributed by atoms with van der Waals surface area (Å²) in [7, 11) is 1.49. The molecule has 7 nitrogen and oxygen atoms in total. The number of amides is 3. The Morgan fingerprint density at radius 2 is 1.75 bits per heavy atom. The fourth-order valence-electron chi connectivity index (χ4n) is 1.74. The lowest BCUT2D eigenvalue weighted by molar-refractivity contribution is -0.123. The van der Waals surface area contributed by atoms with E-state index in [2.05, 4.69) is 16.2 Å². The topological polar surface area (TPSA) is 88.7 Å². The van der Waals surface area contributed by atoms with Gasteiger partial charge in [-0.1, -0.05) is 23.7 Å². The summed E-state index contributed by atoms with van der Waals surface area (Å²) >= 11 is 5.75. The Bertz CT molecular complexity index is 707. The second-order valence-corrected chi connectivity index (χ2v) is 5.01. The van der Waals surface area contributed by atoms with Gasteiger partial charge in [0.1, 0.15) is 11.5 Å². The molecule has 0 aromatic heterocycles. The van der Waals surface area contributed by atoms with E-state index in [4.69, 9.17) is 21.1 Å². The Morgan fingerprint density at radius 1 is 1.04 bits per heavy atom. The molecule has 3 N–H and O–H groups in total. The summed E-state index contributed by atoms with van der Waals surface area (Å²) in [6.07, 6.45) is 0. The van der Waals surface area contributed by atoms with Gasteiger partial charge in [-0.05, 0) is 36.4 Å². The summed E-state index contributed by atoms with van der Waals surface area (Å²) in [5.74, 6) is 0.484. The second kappa shape index (κ2) is 8.64. The molecular formula is C16H16ClN3O4. The number of para-hydroxylation sites is 2. The summed E-state index contributed by atoms with van der Waals surface area (Å²) in [5, 5.41) is 3.12. The van der Waals surface area contributed by atoms with Gasteiger partial charge in [-0.2, -0.15) is 0 Å². The van der Waals surface area contributed by atoms with Crippen molar-refractivity contribution >= 4 is 29.2 Å². The fourth-order valence-corrected chi connectivity index (χ4v) is 1.87. The zero-order valence-electron chi connectivity index (χ0n) is 12.8. The number of anilines is 1. The Morgan fingerprint density at radius 3 is 2.46 bits per heavy atom. The third-order valence-corrected chi connectivity index (χ3v) is 3.11. The van der Waals surface area contributed by atoms with Gasteiger partial charge in [-0.25, -0.2) is 10.2 Å². The van der Waals surface area contributed by atoms with E-state index in [1.54, 1.807) is 48.5 Å². The molecule has 2 rings (SSSR count). The van der Waals surface area contributed by atoms with Crippen LogP contribution < -0.4 is 25.6 Å². The van der Waals surface area contributed by atoms with Crippen LogP contribution in [0.4, 0.5) is 10.5 Å². The van der Waals surface area contributed by atoms with Crippen molar-refractivity contribution in [1.82, 2.24) is 10.9 Å². The van der Waals surface area contributed by atoms with Gasteiger partial charge >= 0.3 is 6.03 Å². The standard InChI is InChI=1S/C16H16ClN3O4/c1-23-14-5-3-2-4-13(14)18-16(22)20-19-15(21)10-24-12-8-6-11(17)7-9-12/h2-9H,10H2,1H3,(H,19,21)(H2,18,20,22). The molecule has 2 aromatic carbocycles. The van der Waals surface area contributed by atoms with Gasteiger partial charge in [-0.15, -0.1) is 0 Å². The number of halogens is 1. The first kappa shape index (κ1) is 17.4. The minimum absolute atomic E-state index is 0.253. The fraction of sp³-hybridized carbons (Fsp3) is 0.125. The van der Waals surface area contributed by atoms with Crippen LogP contribution in [0.25, 0.3) is 0 Å². The normalized spacial score (nSPS) is 9.75. The zero-order valence-corrected chi connectivity index (χ0v) is 13.6. The second-order valence-electron chi connectivity index (χ2n) is 4.57. The summed E-state index contributed by atoms with van der Waals surface area (Å²) in [6.45, 7) is -0.253. The first-order chi connectivity index (χ1) is 11.6. The van der Waals surface area contributed by atoms with Gasteiger partial charge in [0.2, 0.25) is 0 Å². The molecule has 0 aliphatic rings. The monoisotopic (exact) mass is 349 g/mol. The minimum Gasteiger partial charge on any atom is -0.495 e.